The minimum absolute atomic E-state index is 0.132. The summed E-state index contributed by atoms with van der Waals surface area (Å²) in [6, 6.07) is 16.3. The lowest BCUT2D eigenvalue weighted by atomic mass is 10.1. The number of benzene rings is 2. The van der Waals surface area contributed by atoms with Crippen LogP contribution in [0.3, 0.4) is 0 Å². The highest BCUT2D eigenvalue weighted by Crippen LogP contribution is 2.22. The quantitative estimate of drug-likeness (QED) is 0.630. The zero-order chi connectivity index (χ0) is 18.8. The number of rotatable bonds is 2. The highest BCUT2D eigenvalue weighted by molar-refractivity contribution is 5.89. The number of hydrogen-bond donors (Lipinski definition) is 1. The first kappa shape index (κ1) is 20.2. The third kappa shape index (κ3) is 5.31. The van der Waals surface area contributed by atoms with Gasteiger partial charge in [0.2, 0.25) is 5.91 Å². The SMILES string of the molecule is CC.CC.CC(=O)Nc1ccc(-c2cc3ccccc3oc2=O)cc1. The molecule has 0 saturated heterocycles. The van der Waals surface area contributed by atoms with Crippen molar-refractivity contribution in [3.63, 3.8) is 0 Å². The lowest BCUT2D eigenvalue weighted by Crippen LogP contribution is -2.06. The molecule has 0 bridgehead atoms. The van der Waals surface area contributed by atoms with Crippen molar-refractivity contribution in [1.29, 1.82) is 0 Å². The lowest BCUT2D eigenvalue weighted by molar-refractivity contribution is -0.114. The predicted molar refractivity (Wildman–Crippen MR) is 105 cm³/mol. The number of fused-ring (bicyclic) bond motifs is 1. The van der Waals surface area contributed by atoms with Crippen LogP contribution in [0.25, 0.3) is 22.1 Å². The van der Waals surface area contributed by atoms with Gasteiger partial charge < -0.3 is 9.73 Å². The van der Waals surface area contributed by atoms with E-state index in [4.69, 9.17) is 4.42 Å². The Morgan fingerprint density at radius 1 is 0.920 bits per heavy atom. The summed E-state index contributed by atoms with van der Waals surface area (Å²) in [5.74, 6) is -0.132. The van der Waals surface area contributed by atoms with Crippen LogP contribution in [0.1, 0.15) is 34.6 Å². The lowest BCUT2D eigenvalue weighted by Gasteiger charge is -2.05. The number of carbonyl (C=O) groups excluding carboxylic acids is 1. The molecule has 0 atom stereocenters. The van der Waals surface area contributed by atoms with Crippen LogP contribution in [0.2, 0.25) is 0 Å². The van der Waals surface area contributed by atoms with Crippen molar-refractivity contribution in [2.24, 2.45) is 0 Å². The van der Waals surface area contributed by atoms with Crippen molar-refractivity contribution >= 4 is 22.6 Å². The van der Waals surface area contributed by atoms with Crippen molar-refractivity contribution < 1.29 is 9.21 Å². The minimum Gasteiger partial charge on any atom is -0.422 e. The Labute approximate surface area is 148 Å². The van der Waals surface area contributed by atoms with Crippen LogP contribution in [0.5, 0.6) is 0 Å². The number of carbonyl (C=O) groups is 1. The van der Waals surface area contributed by atoms with Crippen molar-refractivity contribution in [3.05, 3.63) is 65.0 Å². The Hall–Kier alpha value is -2.88. The van der Waals surface area contributed by atoms with E-state index < -0.39 is 0 Å². The highest BCUT2D eigenvalue weighted by atomic mass is 16.4. The first-order valence-electron chi connectivity index (χ1n) is 8.54. The van der Waals surface area contributed by atoms with Gasteiger partial charge >= 0.3 is 5.63 Å². The highest BCUT2D eigenvalue weighted by Gasteiger charge is 2.07. The van der Waals surface area contributed by atoms with Crippen molar-refractivity contribution in [2.75, 3.05) is 5.32 Å². The van der Waals surface area contributed by atoms with Crippen LogP contribution in [0.15, 0.2) is 63.8 Å². The van der Waals surface area contributed by atoms with Gasteiger partial charge in [0.15, 0.2) is 0 Å². The number of nitrogens with one attached hydrogen (secondary N) is 1. The molecule has 1 heterocycles. The molecule has 2 aromatic carbocycles. The third-order valence-corrected chi connectivity index (χ3v) is 3.16. The summed E-state index contributed by atoms with van der Waals surface area (Å²) in [6.45, 7) is 9.45. The van der Waals surface area contributed by atoms with E-state index in [0.29, 0.717) is 16.8 Å². The molecule has 0 radical (unpaired) electrons. The van der Waals surface area contributed by atoms with Crippen molar-refractivity contribution in [1.82, 2.24) is 0 Å². The molecule has 0 spiro atoms. The molecule has 4 heteroatoms. The molecule has 1 aromatic heterocycles. The Bertz CT molecular complexity index is 864. The van der Waals surface area contributed by atoms with E-state index in [1.54, 1.807) is 30.3 Å². The van der Waals surface area contributed by atoms with Gasteiger partial charge in [-0.3, -0.25) is 4.79 Å². The fourth-order valence-corrected chi connectivity index (χ4v) is 2.20. The fraction of sp³-hybridized carbons (Fsp3) is 0.238. The summed E-state index contributed by atoms with van der Waals surface area (Å²) in [5, 5.41) is 3.56. The van der Waals surface area contributed by atoms with Crippen LogP contribution in [-0.2, 0) is 4.79 Å². The van der Waals surface area contributed by atoms with E-state index in [1.165, 1.54) is 6.92 Å². The van der Waals surface area contributed by atoms with Gasteiger partial charge in [0.05, 0.1) is 5.56 Å². The van der Waals surface area contributed by atoms with Crippen LogP contribution < -0.4 is 10.9 Å². The molecule has 0 saturated carbocycles. The zero-order valence-corrected chi connectivity index (χ0v) is 15.4. The number of anilines is 1. The first-order valence-corrected chi connectivity index (χ1v) is 8.54. The van der Waals surface area contributed by atoms with E-state index in [9.17, 15) is 9.59 Å². The second-order valence-corrected chi connectivity index (χ2v) is 4.74. The topological polar surface area (TPSA) is 59.3 Å². The van der Waals surface area contributed by atoms with Crippen LogP contribution in [-0.4, -0.2) is 5.91 Å². The fourth-order valence-electron chi connectivity index (χ4n) is 2.20. The number of hydrogen-bond acceptors (Lipinski definition) is 3. The van der Waals surface area contributed by atoms with Gasteiger partial charge in [-0.25, -0.2) is 4.79 Å². The molecule has 3 rings (SSSR count). The molecule has 4 nitrogen and oxygen atoms in total. The molecule has 0 aliphatic heterocycles. The van der Waals surface area contributed by atoms with Gasteiger partial charge in [0, 0.05) is 18.0 Å². The van der Waals surface area contributed by atoms with Gasteiger partial charge in [-0.1, -0.05) is 58.0 Å². The maximum Gasteiger partial charge on any atom is 0.344 e. The van der Waals surface area contributed by atoms with Crippen LogP contribution in [0.4, 0.5) is 5.69 Å². The molecule has 132 valence electrons. The van der Waals surface area contributed by atoms with Crippen molar-refractivity contribution in [2.45, 2.75) is 34.6 Å². The van der Waals surface area contributed by atoms with Gasteiger partial charge in [-0.05, 0) is 29.8 Å². The minimum atomic E-state index is -0.374. The Balaban J connectivity index is 0.000000730. The summed E-state index contributed by atoms with van der Waals surface area (Å²) in [7, 11) is 0. The molecule has 25 heavy (non-hydrogen) atoms. The Morgan fingerprint density at radius 2 is 1.52 bits per heavy atom. The summed E-state index contributed by atoms with van der Waals surface area (Å²) < 4.78 is 5.32. The van der Waals surface area contributed by atoms with Gasteiger partial charge in [-0.2, -0.15) is 0 Å². The van der Waals surface area contributed by atoms with Crippen molar-refractivity contribution in [3.8, 4) is 11.1 Å². The van der Waals surface area contributed by atoms with E-state index in [0.717, 1.165) is 10.9 Å². The summed E-state index contributed by atoms with van der Waals surface area (Å²) in [6.07, 6.45) is 0. The molecule has 0 fully saturated rings. The van der Waals surface area contributed by atoms with Crippen LogP contribution >= 0.6 is 0 Å². The maximum absolute atomic E-state index is 12.1. The average molecular weight is 339 g/mol. The normalized spacial score (nSPS) is 9.32. The monoisotopic (exact) mass is 339 g/mol. The second kappa shape index (κ2) is 10.1. The summed E-state index contributed by atoms with van der Waals surface area (Å²) in [5.41, 5.74) is 2.14. The van der Waals surface area contributed by atoms with E-state index >= 15 is 0 Å². The molecule has 1 amide bonds. The zero-order valence-electron chi connectivity index (χ0n) is 15.4. The molecular weight excluding hydrogens is 314 g/mol. The molecule has 0 unspecified atom stereocenters. The van der Waals surface area contributed by atoms with Gasteiger partial charge in [0.25, 0.3) is 0 Å². The molecule has 3 aromatic rings. The third-order valence-electron chi connectivity index (χ3n) is 3.16. The Kier molecular flexibility index (Phi) is 8.13. The molecule has 0 aliphatic carbocycles. The second-order valence-electron chi connectivity index (χ2n) is 4.74. The first-order chi connectivity index (χ1) is 12.1. The van der Waals surface area contributed by atoms with E-state index in [1.807, 2.05) is 52.0 Å². The Morgan fingerprint density at radius 3 is 2.12 bits per heavy atom. The molecule has 1 N–H and O–H groups in total. The number of amides is 1. The summed E-state index contributed by atoms with van der Waals surface area (Å²) in [4.78, 5) is 23.1. The predicted octanol–water partition coefficient (Wildman–Crippen LogP) is 5.47. The average Bonchev–Trinajstić information content (AvgIpc) is 2.65. The summed E-state index contributed by atoms with van der Waals surface area (Å²) >= 11 is 0. The maximum atomic E-state index is 12.1. The smallest absolute Gasteiger partial charge is 0.344 e. The molecular formula is C21H25NO3. The largest absolute Gasteiger partial charge is 0.422 e. The standard InChI is InChI=1S/C17H13NO3.2C2H6/c1-11(19)18-14-8-6-12(7-9-14)15-10-13-4-2-3-5-16(13)21-17(15)20;2*1-2/h2-10H,1H3,(H,18,19);2*1-2H3. The molecule has 0 aliphatic rings. The number of para-hydroxylation sites is 1. The van der Waals surface area contributed by atoms with Gasteiger partial charge in [-0.15, -0.1) is 0 Å². The van der Waals surface area contributed by atoms with E-state index in [2.05, 4.69) is 5.32 Å². The van der Waals surface area contributed by atoms with Gasteiger partial charge in [0.1, 0.15) is 5.58 Å². The van der Waals surface area contributed by atoms with Crippen LogP contribution in [0, 0.1) is 0 Å². The van der Waals surface area contributed by atoms with E-state index in [-0.39, 0.29) is 11.5 Å².